The van der Waals surface area contributed by atoms with Gasteiger partial charge in [0.2, 0.25) is 0 Å². The van der Waals surface area contributed by atoms with Crippen molar-refractivity contribution in [3.8, 4) is 0 Å². The second-order valence-electron chi connectivity index (χ2n) is 3.99. The molecule has 0 aromatic carbocycles. The van der Waals surface area contributed by atoms with E-state index in [1.165, 1.54) is 4.88 Å². The number of aliphatic hydroxyl groups excluding tert-OH is 1. The van der Waals surface area contributed by atoms with Crippen molar-refractivity contribution >= 4 is 11.3 Å². The normalized spacial score (nSPS) is 14.1. The zero-order valence-corrected chi connectivity index (χ0v) is 10.5. The number of hydrogen-bond acceptors (Lipinski definition) is 3. The molecule has 0 fully saturated rings. The molecule has 1 rings (SSSR count). The Balaban J connectivity index is 2.59. The number of thiophene rings is 1. The van der Waals surface area contributed by atoms with Gasteiger partial charge in [-0.05, 0) is 32.4 Å². The molecular formula is C11H17F2NOS. The SMILES string of the molecule is Cc1cc(C(C)NCC(F)(F)CO)c(C)s1. The van der Waals surface area contributed by atoms with Crippen molar-refractivity contribution in [2.24, 2.45) is 0 Å². The highest BCUT2D eigenvalue weighted by atomic mass is 32.1. The van der Waals surface area contributed by atoms with Crippen LogP contribution in [0.2, 0.25) is 0 Å². The van der Waals surface area contributed by atoms with E-state index >= 15 is 0 Å². The fourth-order valence-electron chi connectivity index (χ4n) is 1.55. The van der Waals surface area contributed by atoms with Crippen LogP contribution in [0.15, 0.2) is 6.07 Å². The van der Waals surface area contributed by atoms with Crippen LogP contribution in [-0.4, -0.2) is 24.2 Å². The number of nitrogens with one attached hydrogen (secondary N) is 1. The Bertz CT molecular complexity index is 352. The lowest BCUT2D eigenvalue weighted by Crippen LogP contribution is -2.37. The summed E-state index contributed by atoms with van der Waals surface area (Å²) in [7, 11) is 0. The molecule has 2 nitrogen and oxygen atoms in total. The highest BCUT2D eigenvalue weighted by molar-refractivity contribution is 7.12. The maximum Gasteiger partial charge on any atom is 0.282 e. The van der Waals surface area contributed by atoms with Gasteiger partial charge in [-0.15, -0.1) is 11.3 Å². The lowest BCUT2D eigenvalue weighted by molar-refractivity contribution is -0.0490. The number of aliphatic hydroxyl groups is 1. The molecule has 0 aliphatic heterocycles. The summed E-state index contributed by atoms with van der Waals surface area (Å²) in [5.41, 5.74) is 1.05. The van der Waals surface area contributed by atoms with Crippen molar-refractivity contribution in [2.75, 3.05) is 13.2 Å². The largest absolute Gasteiger partial charge is 0.390 e. The standard InChI is InChI=1S/C11H17F2NOS/c1-7-4-10(9(3)16-7)8(2)14-5-11(12,13)6-15/h4,8,14-15H,5-6H2,1-3H3. The number of aryl methyl sites for hydroxylation is 2. The van der Waals surface area contributed by atoms with Crippen molar-refractivity contribution < 1.29 is 13.9 Å². The van der Waals surface area contributed by atoms with Crippen LogP contribution >= 0.6 is 11.3 Å². The maximum absolute atomic E-state index is 12.8. The first-order valence-corrected chi connectivity index (χ1v) is 5.96. The second kappa shape index (κ2) is 5.21. The third-order valence-electron chi connectivity index (χ3n) is 2.44. The average Bonchev–Trinajstić information content (AvgIpc) is 2.54. The molecule has 0 spiro atoms. The van der Waals surface area contributed by atoms with Gasteiger partial charge >= 0.3 is 0 Å². The molecule has 1 heterocycles. The molecule has 0 aliphatic rings. The molecule has 0 bridgehead atoms. The highest BCUT2D eigenvalue weighted by Crippen LogP contribution is 2.26. The topological polar surface area (TPSA) is 32.3 Å². The van der Waals surface area contributed by atoms with Gasteiger partial charge < -0.3 is 10.4 Å². The monoisotopic (exact) mass is 249 g/mol. The fraction of sp³-hybridized carbons (Fsp3) is 0.636. The quantitative estimate of drug-likeness (QED) is 0.841. The van der Waals surface area contributed by atoms with Gasteiger partial charge in [-0.1, -0.05) is 0 Å². The van der Waals surface area contributed by atoms with E-state index in [1.54, 1.807) is 11.3 Å². The Kier molecular flexibility index (Phi) is 4.41. The second-order valence-corrected chi connectivity index (χ2v) is 5.45. The molecule has 92 valence electrons. The highest BCUT2D eigenvalue weighted by Gasteiger charge is 2.28. The van der Waals surface area contributed by atoms with Crippen LogP contribution in [0.5, 0.6) is 0 Å². The van der Waals surface area contributed by atoms with Crippen LogP contribution in [0.25, 0.3) is 0 Å². The minimum atomic E-state index is -3.05. The Morgan fingerprint density at radius 2 is 2.12 bits per heavy atom. The minimum Gasteiger partial charge on any atom is -0.390 e. The number of alkyl halides is 2. The predicted molar refractivity (Wildman–Crippen MR) is 62.2 cm³/mol. The Hall–Kier alpha value is -0.520. The summed E-state index contributed by atoms with van der Waals surface area (Å²) in [6, 6.07) is 1.89. The van der Waals surface area contributed by atoms with E-state index in [9.17, 15) is 8.78 Å². The first-order chi connectivity index (χ1) is 7.35. The van der Waals surface area contributed by atoms with Crippen LogP contribution in [0.1, 0.15) is 28.3 Å². The Labute approximate surface area is 98.3 Å². The molecule has 1 aromatic heterocycles. The summed E-state index contributed by atoms with van der Waals surface area (Å²) in [4.78, 5) is 2.32. The predicted octanol–water partition coefficient (Wildman–Crippen LogP) is 2.64. The van der Waals surface area contributed by atoms with Gasteiger partial charge in [-0.2, -0.15) is 0 Å². The molecule has 0 saturated carbocycles. The molecule has 5 heteroatoms. The molecule has 0 radical (unpaired) electrons. The smallest absolute Gasteiger partial charge is 0.282 e. The summed E-state index contributed by atoms with van der Waals surface area (Å²) in [6.07, 6.45) is 0. The maximum atomic E-state index is 12.8. The fourth-order valence-corrected chi connectivity index (χ4v) is 2.57. The molecule has 0 saturated heterocycles. The third-order valence-corrected chi connectivity index (χ3v) is 3.43. The zero-order chi connectivity index (χ0) is 12.3. The Morgan fingerprint density at radius 1 is 1.50 bits per heavy atom. The van der Waals surface area contributed by atoms with E-state index in [1.807, 2.05) is 26.8 Å². The average molecular weight is 249 g/mol. The molecule has 1 atom stereocenters. The van der Waals surface area contributed by atoms with Crippen molar-refractivity contribution in [3.05, 3.63) is 21.4 Å². The molecule has 1 aromatic rings. The third kappa shape index (κ3) is 3.50. The van der Waals surface area contributed by atoms with E-state index in [-0.39, 0.29) is 6.04 Å². The molecule has 2 N–H and O–H groups in total. The van der Waals surface area contributed by atoms with E-state index < -0.39 is 19.1 Å². The van der Waals surface area contributed by atoms with Crippen LogP contribution in [0.4, 0.5) is 8.78 Å². The summed E-state index contributed by atoms with van der Waals surface area (Å²) >= 11 is 1.66. The van der Waals surface area contributed by atoms with E-state index in [0.717, 1.165) is 10.4 Å². The first-order valence-electron chi connectivity index (χ1n) is 5.15. The van der Waals surface area contributed by atoms with Gasteiger partial charge in [0, 0.05) is 15.8 Å². The summed E-state index contributed by atoms with van der Waals surface area (Å²) in [5, 5.41) is 11.2. The van der Waals surface area contributed by atoms with Crippen molar-refractivity contribution in [1.29, 1.82) is 0 Å². The van der Waals surface area contributed by atoms with Gasteiger partial charge in [0.25, 0.3) is 5.92 Å². The van der Waals surface area contributed by atoms with Gasteiger partial charge in [0.1, 0.15) is 6.61 Å². The number of hydrogen-bond donors (Lipinski definition) is 2. The molecular weight excluding hydrogens is 232 g/mol. The lowest BCUT2D eigenvalue weighted by Gasteiger charge is -2.18. The minimum absolute atomic E-state index is 0.123. The molecule has 1 unspecified atom stereocenters. The van der Waals surface area contributed by atoms with Crippen LogP contribution in [-0.2, 0) is 0 Å². The number of rotatable bonds is 5. The van der Waals surface area contributed by atoms with E-state index in [2.05, 4.69) is 5.32 Å². The van der Waals surface area contributed by atoms with Gasteiger partial charge in [0.05, 0.1) is 6.54 Å². The van der Waals surface area contributed by atoms with E-state index in [4.69, 9.17) is 5.11 Å². The summed E-state index contributed by atoms with van der Waals surface area (Å²) in [5.74, 6) is -3.05. The van der Waals surface area contributed by atoms with Gasteiger partial charge in [0.15, 0.2) is 0 Å². The Morgan fingerprint density at radius 3 is 2.56 bits per heavy atom. The van der Waals surface area contributed by atoms with Crippen LogP contribution < -0.4 is 5.32 Å². The summed E-state index contributed by atoms with van der Waals surface area (Å²) in [6.45, 7) is 4.21. The van der Waals surface area contributed by atoms with Gasteiger partial charge in [-0.25, -0.2) is 8.78 Å². The zero-order valence-electron chi connectivity index (χ0n) is 9.68. The van der Waals surface area contributed by atoms with Gasteiger partial charge in [-0.3, -0.25) is 0 Å². The van der Waals surface area contributed by atoms with E-state index in [0.29, 0.717) is 0 Å². The molecule has 0 amide bonds. The molecule has 0 aliphatic carbocycles. The van der Waals surface area contributed by atoms with Crippen molar-refractivity contribution in [2.45, 2.75) is 32.7 Å². The summed E-state index contributed by atoms with van der Waals surface area (Å²) < 4.78 is 25.6. The van der Waals surface area contributed by atoms with Crippen molar-refractivity contribution in [1.82, 2.24) is 5.32 Å². The van der Waals surface area contributed by atoms with Crippen LogP contribution in [0, 0.1) is 13.8 Å². The lowest BCUT2D eigenvalue weighted by atomic mass is 10.1. The number of halogens is 2. The van der Waals surface area contributed by atoms with Crippen molar-refractivity contribution in [3.63, 3.8) is 0 Å². The molecule has 16 heavy (non-hydrogen) atoms. The first kappa shape index (κ1) is 13.5. The van der Waals surface area contributed by atoms with Crippen LogP contribution in [0.3, 0.4) is 0 Å².